The molecule has 0 fully saturated rings. The number of aromatic carboxylic acids is 1. The summed E-state index contributed by atoms with van der Waals surface area (Å²) in [4.78, 5) is 10.7. The molecular formula is C9H10N4O2. The molecule has 0 amide bonds. The van der Waals surface area contributed by atoms with E-state index >= 15 is 0 Å². The first-order valence-corrected chi connectivity index (χ1v) is 4.38. The van der Waals surface area contributed by atoms with E-state index in [1.54, 1.807) is 35.6 Å². The van der Waals surface area contributed by atoms with Crippen molar-refractivity contribution in [2.45, 2.75) is 6.92 Å². The highest BCUT2D eigenvalue weighted by Gasteiger charge is 2.13. The van der Waals surface area contributed by atoms with Crippen LogP contribution in [0.3, 0.4) is 0 Å². The average Bonchev–Trinajstić information content (AvgIpc) is 2.71. The predicted molar refractivity (Wildman–Crippen MR) is 52.0 cm³/mol. The molecule has 1 N–H and O–H groups in total. The van der Waals surface area contributed by atoms with Crippen molar-refractivity contribution in [3.05, 3.63) is 29.7 Å². The first kappa shape index (κ1) is 9.45. The Kier molecular flexibility index (Phi) is 2.03. The number of carboxylic acid groups (broad SMARTS) is 1. The molecule has 0 saturated heterocycles. The molecular weight excluding hydrogens is 196 g/mol. The molecule has 0 aromatic carbocycles. The van der Waals surface area contributed by atoms with Gasteiger partial charge < -0.3 is 5.11 Å². The van der Waals surface area contributed by atoms with E-state index in [9.17, 15) is 4.79 Å². The van der Waals surface area contributed by atoms with Crippen LogP contribution in [-0.4, -0.2) is 30.6 Å². The molecule has 0 unspecified atom stereocenters. The lowest BCUT2D eigenvalue weighted by atomic mass is 10.4. The topological polar surface area (TPSA) is 72.9 Å². The van der Waals surface area contributed by atoms with Crippen LogP contribution in [0.15, 0.2) is 18.3 Å². The molecule has 2 aromatic rings. The van der Waals surface area contributed by atoms with Gasteiger partial charge in [-0.15, -0.1) is 0 Å². The largest absolute Gasteiger partial charge is 0.476 e. The van der Waals surface area contributed by atoms with Gasteiger partial charge in [0.15, 0.2) is 11.5 Å². The number of rotatable bonds is 2. The molecule has 0 spiro atoms. The molecule has 15 heavy (non-hydrogen) atoms. The molecule has 0 atom stereocenters. The lowest BCUT2D eigenvalue weighted by Gasteiger charge is -2.02. The third-order valence-electron chi connectivity index (χ3n) is 2.12. The second-order valence-corrected chi connectivity index (χ2v) is 3.20. The van der Waals surface area contributed by atoms with Crippen LogP contribution in [0.2, 0.25) is 0 Å². The highest BCUT2D eigenvalue weighted by molar-refractivity contribution is 5.85. The Morgan fingerprint density at radius 3 is 2.73 bits per heavy atom. The van der Waals surface area contributed by atoms with Gasteiger partial charge in [0.2, 0.25) is 0 Å². The Balaban J connectivity index is 2.54. The minimum atomic E-state index is -1.03. The fraction of sp³-hybridized carbons (Fsp3) is 0.222. The minimum Gasteiger partial charge on any atom is -0.476 e. The number of carboxylic acids is 1. The quantitative estimate of drug-likeness (QED) is 0.781. The maximum atomic E-state index is 10.7. The number of aromatic nitrogens is 4. The maximum Gasteiger partial charge on any atom is 0.356 e. The number of carbonyl (C=O) groups is 1. The van der Waals surface area contributed by atoms with Gasteiger partial charge in [-0.3, -0.25) is 4.68 Å². The van der Waals surface area contributed by atoms with Crippen molar-refractivity contribution in [3.8, 4) is 5.82 Å². The van der Waals surface area contributed by atoms with Crippen molar-refractivity contribution in [3.63, 3.8) is 0 Å². The monoisotopic (exact) mass is 206 g/mol. The molecule has 6 heteroatoms. The van der Waals surface area contributed by atoms with Crippen molar-refractivity contribution in [2.24, 2.45) is 7.05 Å². The third kappa shape index (κ3) is 1.50. The summed E-state index contributed by atoms with van der Waals surface area (Å²) in [5, 5.41) is 16.8. The van der Waals surface area contributed by atoms with Crippen molar-refractivity contribution >= 4 is 5.97 Å². The van der Waals surface area contributed by atoms with Crippen LogP contribution in [-0.2, 0) is 7.05 Å². The Hall–Kier alpha value is -2.11. The third-order valence-corrected chi connectivity index (χ3v) is 2.12. The van der Waals surface area contributed by atoms with Gasteiger partial charge in [0, 0.05) is 18.8 Å². The van der Waals surface area contributed by atoms with Crippen LogP contribution in [0.5, 0.6) is 0 Å². The summed E-state index contributed by atoms with van der Waals surface area (Å²) in [6, 6.07) is 3.29. The SMILES string of the molecule is Cc1cc(C(=O)O)nn1-c1ccnn1C. The smallest absolute Gasteiger partial charge is 0.356 e. The second kappa shape index (κ2) is 3.23. The zero-order chi connectivity index (χ0) is 11.0. The zero-order valence-corrected chi connectivity index (χ0v) is 8.38. The molecule has 0 radical (unpaired) electrons. The summed E-state index contributed by atoms with van der Waals surface area (Å²) in [7, 11) is 1.77. The molecule has 2 aromatic heterocycles. The molecule has 0 saturated carbocycles. The number of aryl methyl sites for hydroxylation is 2. The fourth-order valence-corrected chi connectivity index (χ4v) is 1.39. The van der Waals surface area contributed by atoms with Crippen molar-refractivity contribution in [1.29, 1.82) is 0 Å². The first-order chi connectivity index (χ1) is 7.09. The number of hydrogen-bond acceptors (Lipinski definition) is 3. The Bertz CT molecular complexity index is 512. The van der Waals surface area contributed by atoms with E-state index in [0.717, 1.165) is 11.5 Å². The molecule has 0 aliphatic carbocycles. The van der Waals surface area contributed by atoms with E-state index in [-0.39, 0.29) is 5.69 Å². The summed E-state index contributed by atoms with van der Waals surface area (Å²) in [5.41, 5.74) is 0.796. The first-order valence-electron chi connectivity index (χ1n) is 4.38. The normalized spacial score (nSPS) is 10.5. The van der Waals surface area contributed by atoms with E-state index in [1.807, 2.05) is 0 Å². The Labute approximate surface area is 85.8 Å². The number of nitrogens with zero attached hydrogens (tertiary/aromatic N) is 4. The van der Waals surface area contributed by atoms with Crippen LogP contribution in [0, 0.1) is 6.92 Å². The average molecular weight is 206 g/mol. The molecule has 78 valence electrons. The van der Waals surface area contributed by atoms with Gasteiger partial charge in [0.1, 0.15) is 0 Å². The highest BCUT2D eigenvalue weighted by atomic mass is 16.4. The highest BCUT2D eigenvalue weighted by Crippen LogP contribution is 2.10. The molecule has 2 rings (SSSR count). The van der Waals surface area contributed by atoms with Crippen LogP contribution >= 0.6 is 0 Å². The van der Waals surface area contributed by atoms with E-state index in [1.165, 1.54) is 6.07 Å². The summed E-state index contributed by atoms with van der Waals surface area (Å²) < 4.78 is 3.18. The van der Waals surface area contributed by atoms with E-state index in [2.05, 4.69) is 10.2 Å². The van der Waals surface area contributed by atoms with Gasteiger partial charge in [0.05, 0.1) is 6.20 Å². The Morgan fingerprint density at radius 1 is 1.53 bits per heavy atom. The van der Waals surface area contributed by atoms with Crippen molar-refractivity contribution in [1.82, 2.24) is 19.6 Å². The van der Waals surface area contributed by atoms with Crippen LogP contribution in [0.1, 0.15) is 16.2 Å². The van der Waals surface area contributed by atoms with Gasteiger partial charge >= 0.3 is 5.97 Å². The van der Waals surface area contributed by atoms with Crippen LogP contribution in [0.4, 0.5) is 0 Å². The van der Waals surface area contributed by atoms with Crippen molar-refractivity contribution in [2.75, 3.05) is 0 Å². The van der Waals surface area contributed by atoms with Crippen molar-refractivity contribution < 1.29 is 9.90 Å². The predicted octanol–water partition coefficient (Wildman–Crippen LogP) is 0.612. The van der Waals surface area contributed by atoms with E-state index in [4.69, 9.17) is 5.11 Å². The van der Waals surface area contributed by atoms with Gasteiger partial charge in [-0.05, 0) is 13.0 Å². The molecule has 0 aliphatic heterocycles. The molecule has 6 nitrogen and oxygen atoms in total. The summed E-state index contributed by atoms with van der Waals surface area (Å²) in [5.74, 6) is -0.293. The minimum absolute atomic E-state index is 0.0358. The van der Waals surface area contributed by atoms with Gasteiger partial charge in [0.25, 0.3) is 0 Å². The van der Waals surface area contributed by atoms with Gasteiger partial charge in [-0.25, -0.2) is 9.48 Å². The standard InChI is InChI=1S/C9H10N4O2/c1-6-5-7(9(14)15)11-13(6)8-3-4-10-12(8)2/h3-5H,1-2H3,(H,14,15). The zero-order valence-electron chi connectivity index (χ0n) is 8.38. The number of hydrogen-bond donors (Lipinski definition) is 1. The van der Waals surface area contributed by atoms with Gasteiger partial charge in [-0.1, -0.05) is 0 Å². The lowest BCUT2D eigenvalue weighted by molar-refractivity contribution is 0.0690. The maximum absolute atomic E-state index is 10.7. The summed E-state index contributed by atoms with van der Waals surface area (Å²) in [6.07, 6.45) is 1.64. The molecule has 2 heterocycles. The summed E-state index contributed by atoms with van der Waals surface area (Å²) >= 11 is 0. The Morgan fingerprint density at radius 2 is 2.27 bits per heavy atom. The lowest BCUT2D eigenvalue weighted by Crippen LogP contribution is -2.07. The second-order valence-electron chi connectivity index (χ2n) is 3.20. The van der Waals surface area contributed by atoms with Crippen LogP contribution in [0.25, 0.3) is 5.82 Å². The van der Waals surface area contributed by atoms with E-state index < -0.39 is 5.97 Å². The summed E-state index contributed by atoms with van der Waals surface area (Å²) in [6.45, 7) is 1.80. The van der Waals surface area contributed by atoms with Crippen LogP contribution < -0.4 is 0 Å². The molecule has 0 bridgehead atoms. The fourth-order valence-electron chi connectivity index (χ4n) is 1.39. The van der Waals surface area contributed by atoms with E-state index in [0.29, 0.717) is 0 Å². The molecule has 0 aliphatic rings. The van der Waals surface area contributed by atoms with Gasteiger partial charge in [-0.2, -0.15) is 10.2 Å².